The van der Waals surface area contributed by atoms with Crippen LogP contribution in [-0.4, -0.2) is 87.6 Å². The van der Waals surface area contributed by atoms with Gasteiger partial charge in [-0.15, -0.1) is 0 Å². The number of carbonyl (C=O) groups excluding carboxylic acids is 2. The molecule has 234 valence electrons. The van der Waals surface area contributed by atoms with Crippen molar-refractivity contribution < 1.29 is 14.0 Å². The van der Waals surface area contributed by atoms with Crippen molar-refractivity contribution in [1.82, 2.24) is 30.0 Å². The molecule has 2 fully saturated rings. The number of rotatable bonds is 8. The summed E-state index contributed by atoms with van der Waals surface area (Å²) in [6.07, 6.45) is 4.52. The van der Waals surface area contributed by atoms with Crippen molar-refractivity contribution in [2.45, 2.75) is 12.8 Å². The predicted molar refractivity (Wildman–Crippen MR) is 175 cm³/mol. The topological polar surface area (TPSA) is 110 Å². The number of aromatic nitrogens is 4. The number of fused-ring (bicyclic) bond motifs is 1. The summed E-state index contributed by atoms with van der Waals surface area (Å²) in [5.41, 5.74) is 4.88. The number of aromatic amines is 1. The Morgan fingerprint density at radius 2 is 1.70 bits per heavy atom. The van der Waals surface area contributed by atoms with Crippen LogP contribution in [0.5, 0.6) is 0 Å². The molecule has 0 aliphatic carbocycles. The molecule has 0 spiro atoms. The molecule has 2 saturated heterocycles. The van der Waals surface area contributed by atoms with E-state index in [1.807, 2.05) is 35.2 Å². The zero-order chi connectivity index (χ0) is 31.5. The highest BCUT2D eigenvalue weighted by atomic mass is 19.1. The molecule has 2 aromatic heterocycles. The van der Waals surface area contributed by atoms with Crippen LogP contribution in [0.25, 0.3) is 22.3 Å². The van der Waals surface area contributed by atoms with Crippen LogP contribution in [0.2, 0.25) is 0 Å². The first kappa shape index (κ1) is 29.5. The van der Waals surface area contributed by atoms with E-state index in [0.717, 1.165) is 40.9 Å². The largest absolute Gasteiger partial charge is 0.368 e. The Bertz CT molecular complexity index is 1840. The average molecular weight is 619 g/mol. The number of nitrogens with one attached hydrogen (secondary N) is 2. The van der Waals surface area contributed by atoms with Gasteiger partial charge >= 0.3 is 0 Å². The molecule has 0 radical (unpaired) electrons. The van der Waals surface area contributed by atoms with E-state index in [4.69, 9.17) is 0 Å². The van der Waals surface area contributed by atoms with Gasteiger partial charge in [-0.2, -0.15) is 5.10 Å². The molecular weight excluding hydrogens is 583 g/mol. The zero-order valence-electron chi connectivity index (χ0n) is 25.4. The molecule has 46 heavy (non-hydrogen) atoms. The number of piperazine rings is 1. The van der Waals surface area contributed by atoms with Gasteiger partial charge in [0.2, 0.25) is 11.8 Å². The number of nitrogens with zero attached hydrogens (tertiary/aromatic N) is 6. The fourth-order valence-corrected chi connectivity index (χ4v) is 6.31. The van der Waals surface area contributed by atoms with E-state index in [1.165, 1.54) is 6.07 Å². The molecule has 3 aromatic carbocycles. The molecule has 0 saturated carbocycles. The Balaban J connectivity index is 0.892. The van der Waals surface area contributed by atoms with Gasteiger partial charge in [-0.1, -0.05) is 18.2 Å². The lowest BCUT2D eigenvalue weighted by atomic mass is 10.1. The summed E-state index contributed by atoms with van der Waals surface area (Å²) >= 11 is 0. The maximum atomic E-state index is 14.2. The number of anilines is 2. The molecule has 2 amide bonds. The number of hydrogen-bond donors (Lipinski definition) is 2. The third-order valence-electron chi connectivity index (χ3n) is 8.92. The van der Waals surface area contributed by atoms with Gasteiger partial charge < -0.3 is 15.1 Å². The molecule has 0 bridgehead atoms. The number of likely N-dealkylation sites (tertiary alicyclic amines) is 1. The quantitative estimate of drug-likeness (QED) is 0.266. The van der Waals surface area contributed by atoms with E-state index in [1.54, 1.807) is 36.7 Å². The molecular formula is C35H35FN8O2. The Labute approximate surface area is 266 Å². The lowest BCUT2D eigenvalue weighted by molar-refractivity contribution is -0.132. The molecule has 11 heteroatoms. The molecule has 2 aliphatic rings. The standard InChI is InChI=1S/C35H35FN8O2/c36-30-5-2-1-4-25(30)20-32-29-21-27(8-11-31(29)40-41-32)39-35(46)26-12-15-42(22-26)23-33(45)44-18-16-43(17-19-44)28-9-6-24(7-10-28)34-37-13-3-14-38-34/h1-11,13-14,21,26H,12,15-20,22-23H2,(H,39,46)(H,40,41). The molecule has 10 nitrogen and oxygen atoms in total. The normalized spacial score (nSPS) is 17.0. The zero-order valence-corrected chi connectivity index (χ0v) is 25.4. The minimum atomic E-state index is -0.268. The second kappa shape index (κ2) is 13.1. The smallest absolute Gasteiger partial charge is 0.236 e. The van der Waals surface area contributed by atoms with Gasteiger partial charge in [-0.05, 0) is 73.1 Å². The van der Waals surface area contributed by atoms with Gasteiger partial charge in [0, 0.05) is 73.9 Å². The fourth-order valence-electron chi connectivity index (χ4n) is 6.31. The first-order chi connectivity index (χ1) is 22.5. The van der Waals surface area contributed by atoms with E-state index in [0.29, 0.717) is 62.6 Å². The van der Waals surface area contributed by atoms with Crippen molar-refractivity contribution in [1.29, 1.82) is 0 Å². The minimum Gasteiger partial charge on any atom is -0.368 e. The first-order valence-corrected chi connectivity index (χ1v) is 15.6. The van der Waals surface area contributed by atoms with E-state index in [-0.39, 0.29) is 23.5 Å². The maximum Gasteiger partial charge on any atom is 0.236 e. The number of benzene rings is 3. The highest BCUT2D eigenvalue weighted by Gasteiger charge is 2.31. The van der Waals surface area contributed by atoms with Gasteiger partial charge in [0.05, 0.1) is 23.7 Å². The Morgan fingerprint density at radius 3 is 2.48 bits per heavy atom. The molecule has 2 N–H and O–H groups in total. The Morgan fingerprint density at radius 1 is 0.913 bits per heavy atom. The predicted octanol–water partition coefficient (Wildman–Crippen LogP) is 4.36. The molecule has 1 unspecified atom stereocenters. The number of carbonyl (C=O) groups is 2. The summed E-state index contributed by atoms with van der Waals surface area (Å²) in [7, 11) is 0. The number of halogens is 1. The van der Waals surface area contributed by atoms with Crippen LogP contribution in [0.15, 0.2) is 85.2 Å². The molecule has 5 aromatic rings. The highest BCUT2D eigenvalue weighted by molar-refractivity contribution is 5.96. The van der Waals surface area contributed by atoms with E-state index in [2.05, 4.69) is 47.4 Å². The summed E-state index contributed by atoms with van der Waals surface area (Å²) in [5, 5.41) is 11.3. The number of amides is 2. The maximum absolute atomic E-state index is 14.2. The van der Waals surface area contributed by atoms with Crippen LogP contribution in [0.3, 0.4) is 0 Å². The Hall–Kier alpha value is -5.16. The van der Waals surface area contributed by atoms with Crippen molar-refractivity contribution in [2.24, 2.45) is 5.92 Å². The van der Waals surface area contributed by atoms with Crippen LogP contribution >= 0.6 is 0 Å². The summed E-state index contributed by atoms with van der Waals surface area (Å²) in [4.78, 5) is 41.3. The van der Waals surface area contributed by atoms with Crippen molar-refractivity contribution in [3.8, 4) is 11.4 Å². The van der Waals surface area contributed by atoms with Gasteiger partial charge in [-0.3, -0.25) is 19.6 Å². The molecule has 1 atom stereocenters. The van der Waals surface area contributed by atoms with Gasteiger partial charge in [0.15, 0.2) is 5.82 Å². The molecule has 2 aliphatic heterocycles. The third-order valence-corrected chi connectivity index (χ3v) is 8.92. The van der Waals surface area contributed by atoms with Crippen molar-refractivity contribution in [3.05, 3.63) is 102 Å². The average Bonchev–Trinajstić information content (AvgIpc) is 3.73. The van der Waals surface area contributed by atoms with Crippen molar-refractivity contribution >= 4 is 34.1 Å². The van der Waals surface area contributed by atoms with Gasteiger partial charge in [-0.25, -0.2) is 14.4 Å². The third kappa shape index (κ3) is 6.45. The summed E-state index contributed by atoms with van der Waals surface area (Å²) < 4.78 is 14.2. The van der Waals surface area contributed by atoms with Gasteiger partial charge in [0.1, 0.15) is 5.82 Å². The second-order valence-electron chi connectivity index (χ2n) is 11.9. The number of hydrogen-bond acceptors (Lipinski definition) is 7. The number of H-pyrrole nitrogens is 1. The van der Waals surface area contributed by atoms with Crippen LogP contribution in [0.4, 0.5) is 15.8 Å². The van der Waals surface area contributed by atoms with Crippen LogP contribution in [-0.2, 0) is 16.0 Å². The lowest BCUT2D eigenvalue weighted by Crippen LogP contribution is -2.51. The molecule has 7 rings (SSSR count). The van der Waals surface area contributed by atoms with E-state index in [9.17, 15) is 14.0 Å². The summed E-state index contributed by atoms with van der Waals surface area (Å²) in [6, 6.07) is 22.3. The van der Waals surface area contributed by atoms with Crippen molar-refractivity contribution in [3.63, 3.8) is 0 Å². The Kier molecular flexibility index (Phi) is 8.39. The lowest BCUT2D eigenvalue weighted by Gasteiger charge is -2.36. The fraction of sp³-hybridized carbons (Fsp3) is 0.286. The summed E-state index contributed by atoms with van der Waals surface area (Å²) in [6.45, 7) is 4.42. The summed E-state index contributed by atoms with van der Waals surface area (Å²) in [5.74, 6) is 0.272. The second-order valence-corrected chi connectivity index (χ2v) is 11.9. The van der Waals surface area contributed by atoms with Crippen molar-refractivity contribution in [2.75, 3.05) is 56.0 Å². The van der Waals surface area contributed by atoms with Crippen LogP contribution < -0.4 is 10.2 Å². The van der Waals surface area contributed by atoms with Crippen LogP contribution in [0, 0.1) is 11.7 Å². The first-order valence-electron chi connectivity index (χ1n) is 15.6. The highest BCUT2D eigenvalue weighted by Crippen LogP contribution is 2.26. The monoisotopic (exact) mass is 618 g/mol. The minimum absolute atomic E-state index is 0.0630. The van der Waals surface area contributed by atoms with Gasteiger partial charge in [0.25, 0.3) is 0 Å². The van der Waals surface area contributed by atoms with E-state index >= 15 is 0 Å². The van der Waals surface area contributed by atoms with Crippen LogP contribution in [0.1, 0.15) is 17.7 Å². The SMILES string of the molecule is O=C(Nc1ccc2[nH]nc(Cc3ccccc3F)c2c1)C1CCN(CC(=O)N2CCN(c3ccc(-c4ncccn4)cc3)CC2)C1. The molecule has 4 heterocycles. The van der Waals surface area contributed by atoms with E-state index < -0.39 is 0 Å².